The highest BCUT2D eigenvalue weighted by Gasteiger charge is 2.23. The SMILES string of the molecule is C[C@@H](c1nc2ccccc2s1)N(C)C(=O)COC(=O)c1cc([N+](=O)[O-])ccc1N. The Bertz CT molecular complexity index is 1060. The third-order valence-electron chi connectivity index (χ3n) is 4.44. The van der Waals surface area contributed by atoms with E-state index in [0.717, 1.165) is 21.3 Å². The van der Waals surface area contributed by atoms with Gasteiger partial charge in [-0.25, -0.2) is 9.78 Å². The quantitative estimate of drug-likeness (QED) is 0.284. The number of nitrogen functional groups attached to an aromatic ring is 1. The fourth-order valence-corrected chi connectivity index (χ4v) is 3.65. The predicted octanol–water partition coefficient (Wildman–Crippen LogP) is 3.16. The zero-order valence-corrected chi connectivity index (χ0v) is 16.5. The maximum absolute atomic E-state index is 12.5. The third kappa shape index (κ3) is 4.32. The molecule has 0 aliphatic carbocycles. The fraction of sp³-hybridized carbons (Fsp3) is 0.211. The average molecular weight is 414 g/mol. The molecule has 9 nitrogen and oxygen atoms in total. The molecule has 0 aliphatic rings. The van der Waals surface area contributed by atoms with Crippen molar-refractivity contribution in [1.82, 2.24) is 9.88 Å². The first-order valence-corrected chi connectivity index (χ1v) is 9.41. The fourth-order valence-electron chi connectivity index (χ4n) is 2.59. The number of rotatable bonds is 6. The summed E-state index contributed by atoms with van der Waals surface area (Å²) >= 11 is 1.49. The van der Waals surface area contributed by atoms with Crippen LogP contribution in [0.15, 0.2) is 42.5 Å². The molecule has 1 atom stereocenters. The summed E-state index contributed by atoms with van der Waals surface area (Å²) in [4.78, 5) is 40.9. The van der Waals surface area contributed by atoms with E-state index in [9.17, 15) is 19.7 Å². The largest absolute Gasteiger partial charge is 0.452 e. The molecule has 1 aromatic heterocycles. The van der Waals surface area contributed by atoms with E-state index in [1.165, 1.54) is 28.4 Å². The van der Waals surface area contributed by atoms with Gasteiger partial charge in [0.25, 0.3) is 11.6 Å². The predicted molar refractivity (Wildman–Crippen MR) is 109 cm³/mol. The van der Waals surface area contributed by atoms with Crippen LogP contribution in [0.2, 0.25) is 0 Å². The third-order valence-corrected chi connectivity index (χ3v) is 5.64. The van der Waals surface area contributed by atoms with Crippen molar-refractivity contribution in [3.63, 3.8) is 0 Å². The van der Waals surface area contributed by atoms with E-state index < -0.39 is 23.4 Å². The monoisotopic (exact) mass is 414 g/mol. The summed E-state index contributed by atoms with van der Waals surface area (Å²) in [6.07, 6.45) is 0. The molecule has 10 heteroatoms. The molecule has 1 amide bonds. The van der Waals surface area contributed by atoms with E-state index >= 15 is 0 Å². The van der Waals surface area contributed by atoms with E-state index in [0.29, 0.717) is 0 Å². The summed E-state index contributed by atoms with van der Waals surface area (Å²) in [6.45, 7) is 1.31. The number of carbonyl (C=O) groups excluding carboxylic acids is 2. The summed E-state index contributed by atoms with van der Waals surface area (Å²) in [5.41, 5.74) is 6.13. The number of hydrogen-bond donors (Lipinski definition) is 1. The van der Waals surface area contributed by atoms with Crippen LogP contribution < -0.4 is 5.73 Å². The number of thiazole rings is 1. The normalized spacial score (nSPS) is 11.8. The summed E-state index contributed by atoms with van der Waals surface area (Å²) in [7, 11) is 1.59. The van der Waals surface area contributed by atoms with Gasteiger partial charge < -0.3 is 15.4 Å². The van der Waals surface area contributed by atoms with Crippen molar-refractivity contribution in [1.29, 1.82) is 0 Å². The minimum atomic E-state index is -0.902. The van der Waals surface area contributed by atoms with Crippen LogP contribution in [0.1, 0.15) is 28.3 Å². The number of nitrogens with zero attached hydrogens (tertiary/aromatic N) is 3. The van der Waals surface area contributed by atoms with Crippen molar-refractivity contribution in [2.24, 2.45) is 0 Å². The number of esters is 1. The lowest BCUT2D eigenvalue weighted by Crippen LogP contribution is -2.33. The molecule has 0 aliphatic heterocycles. The number of hydrogen-bond acceptors (Lipinski definition) is 8. The maximum Gasteiger partial charge on any atom is 0.341 e. The number of aromatic nitrogens is 1. The van der Waals surface area contributed by atoms with E-state index in [2.05, 4.69) is 4.98 Å². The Morgan fingerprint density at radius 3 is 2.72 bits per heavy atom. The van der Waals surface area contributed by atoms with Crippen LogP contribution in [-0.4, -0.2) is 40.3 Å². The van der Waals surface area contributed by atoms with Gasteiger partial charge in [-0.05, 0) is 25.1 Å². The Kier molecular flexibility index (Phi) is 5.74. The summed E-state index contributed by atoms with van der Waals surface area (Å²) in [5.74, 6) is -1.34. The number of nitro groups is 1. The second kappa shape index (κ2) is 8.23. The highest BCUT2D eigenvalue weighted by molar-refractivity contribution is 7.18. The molecular weight excluding hydrogens is 396 g/mol. The van der Waals surface area contributed by atoms with Crippen LogP contribution in [0.3, 0.4) is 0 Å². The molecule has 2 aromatic carbocycles. The van der Waals surface area contributed by atoms with Crippen molar-refractivity contribution < 1.29 is 19.2 Å². The first-order chi connectivity index (χ1) is 13.8. The maximum atomic E-state index is 12.5. The van der Waals surface area contributed by atoms with Gasteiger partial charge in [0.1, 0.15) is 5.01 Å². The first-order valence-electron chi connectivity index (χ1n) is 8.60. The van der Waals surface area contributed by atoms with Gasteiger partial charge in [0.15, 0.2) is 6.61 Å². The molecule has 0 fully saturated rings. The Morgan fingerprint density at radius 2 is 2.03 bits per heavy atom. The highest BCUT2D eigenvalue weighted by Crippen LogP contribution is 2.29. The van der Waals surface area contributed by atoms with Gasteiger partial charge in [-0.1, -0.05) is 12.1 Å². The first kappa shape index (κ1) is 20.2. The number of nitro benzene ring substituents is 1. The van der Waals surface area contributed by atoms with Crippen LogP contribution in [-0.2, 0) is 9.53 Å². The minimum Gasteiger partial charge on any atom is -0.452 e. The number of likely N-dealkylation sites (N-methyl/N-ethyl adjacent to an activating group) is 1. The van der Waals surface area contributed by atoms with E-state index in [1.807, 2.05) is 31.2 Å². The van der Waals surface area contributed by atoms with Crippen molar-refractivity contribution in [2.45, 2.75) is 13.0 Å². The lowest BCUT2D eigenvalue weighted by molar-refractivity contribution is -0.384. The Balaban J connectivity index is 1.66. The van der Waals surface area contributed by atoms with Crippen molar-refractivity contribution in [2.75, 3.05) is 19.4 Å². The summed E-state index contributed by atoms with van der Waals surface area (Å²) < 4.78 is 6.04. The van der Waals surface area contributed by atoms with Crippen LogP contribution in [0.25, 0.3) is 10.2 Å². The van der Waals surface area contributed by atoms with Gasteiger partial charge in [0.05, 0.1) is 26.7 Å². The smallest absolute Gasteiger partial charge is 0.341 e. The Morgan fingerprint density at radius 1 is 1.31 bits per heavy atom. The van der Waals surface area contributed by atoms with E-state index in [1.54, 1.807) is 7.05 Å². The zero-order chi connectivity index (χ0) is 21.1. The molecule has 1 heterocycles. The molecule has 0 saturated carbocycles. The van der Waals surface area contributed by atoms with Gasteiger partial charge in [-0.15, -0.1) is 11.3 Å². The number of fused-ring (bicyclic) bond motifs is 1. The number of anilines is 1. The van der Waals surface area contributed by atoms with Crippen LogP contribution in [0.5, 0.6) is 0 Å². The number of nitrogens with two attached hydrogens (primary N) is 1. The molecule has 0 bridgehead atoms. The van der Waals surface area contributed by atoms with Gasteiger partial charge in [0, 0.05) is 24.9 Å². The second-order valence-corrected chi connectivity index (χ2v) is 7.37. The van der Waals surface area contributed by atoms with E-state index in [-0.39, 0.29) is 23.0 Å². The van der Waals surface area contributed by atoms with Crippen molar-refractivity contribution >= 4 is 44.8 Å². The molecule has 0 spiro atoms. The van der Waals surface area contributed by atoms with Gasteiger partial charge >= 0.3 is 5.97 Å². The summed E-state index contributed by atoms with van der Waals surface area (Å²) in [6, 6.07) is 10.8. The molecular formula is C19H18N4O5S. The molecule has 0 saturated heterocycles. The van der Waals surface area contributed by atoms with Gasteiger partial charge in [0.2, 0.25) is 0 Å². The topological polar surface area (TPSA) is 129 Å². The lowest BCUT2D eigenvalue weighted by Gasteiger charge is -2.23. The zero-order valence-electron chi connectivity index (χ0n) is 15.7. The van der Waals surface area contributed by atoms with E-state index in [4.69, 9.17) is 10.5 Å². The van der Waals surface area contributed by atoms with Crippen LogP contribution in [0.4, 0.5) is 11.4 Å². The second-order valence-electron chi connectivity index (χ2n) is 6.31. The Labute approximate surface area is 169 Å². The minimum absolute atomic E-state index is 0.0317. The van der Waals surface area contributed by atoms with Gasteiger partial charge in [-0.2, -0.15) is 0 Å². The van der Waals surface area contributed by atoms with Crippen molar-refractivity contribution in [3.05, 3.63) is 63.1 Å². The lowest BCUT2D eigenvalue weighted by atomic mass is 10.1. The number of carbonyl (C=O) groups is 2. The summed E-state index contributed by atoms with van der Waals surface area (Å²) in [5, 5.41) is 11.6. The van der Waals surface area contributed by atoms with Crippen LogP contribution in [0, 0.1) is 10.1 Å². The molecule has 2 N–H and O–H groups in total. The number of non-ortho nitro benzene ring substituents is 1. The Hall–Kier alpha value is -3.53. The van der Waals surface area contributed by atoms with Gasteiger partial charge in [-0.3, -0.25) is 14.9 Å². The number of amides is 1. The molecule has 0 unspecified atom stereocenters. The standard InChI is InChI=1S/C19H18N4O5S/c1-11(18-21-15-5-3-4-6-16(15)29-18)22(2)17(24)10-28-19(25)13-9-12(23(26)27)7-8-14(13)20/h3-9,11H,10,20H2,1-2H3/t11-/m0/s1. The van der Waals surface area contributed by atoms with Crippen molar-refractivity contribution in [3.8, 4) is 0 Å². The number of benzene rings is 2. The van der Waals surface area contributed by atoms with Crippen LogP contribution >= 0.6 is 11.3 Å². The molecule has 3 aromatic rings. The molecule has 150 valence electrons. The number of para-hydroxylation sites is 1. The number of ether oxygens (including phenoxy) is 1. The molecule has 3 rings (SSSR count). The highest BCUT2D eigenvalue weighted by atomic mass is 32.1. The average Bonchev–Trinajstić information content (AvgIpc) is 3.15. The molecule has 0 radical (unpaired) electrons. The molecule has 29 heavy (non-hydrogen) atoms.